The summed E-state index contributed by atoms with van der Waals surface area (Å²) in [7, 11) is 0. The number of benzene rings is 1. The number of carbonyl (C=O) groups is 1. The van der Waals surface area contributed by atoms with Crippen LogP contribution in [0, 0.1) is 0 Å². The Kier molecular flexibility index (Phi) is 3.68. The number of H-pyrrole nitrogens is 1. The van der Waals surface area contributed by atoms with Gasteiger partial charge in [-0.25, -0.2) is 9.89 Å². The summed E-state index contributed by atoms with van der Waals surface area (Å²) in [6.45, 7) is 5.20. The van der Waals surface area contributed by atoms with E-state index in [0.29, 0.717) is 25.5 Å². The lowest BCUT2D eigenvalue weighted by Gasteiger charge is -2.34. The molecule has 2 aromatic rings. The molecule has 0 spiro atoms. The van der Waals surface area contributed by atoms with Crippen LogP contribution in [0.3, 0.4) is 0 Å². The molecule has 1 aromatic heterocycles. The maximum atomic E-state index is 12.9. The van der Waals surface area contributed by atoms with Gasteiger partial charge in [-0.15, -0.1) is 0 Å². The van der Waals surface area contributed by atoms with Gasteiger partial charge in [0.05, 0.1) is 12.0 Å². The first kappa shape index (κ1) is 15.0. The molecule has 0 radical (unpaired) electrons. The Hall–Kier alpha value is -1.89. The summed E-state index contributed by atoms with van der Waals surface area (Å²) in [4.78, 5) is 26.2. The van der Waals surface area contributed by atoms with Gasteiger partial charge in [-0.1, -0.05) is 28.1 Å². The van der Waals surface area contributed by atoms with Crippen LogP contribution in [0.2, 0.25) is 0 Å². The van der Waals surface area contributed by atoms with Crippen LogP contribution in [0.1, 0.15) is 25.2 Å². The van der Waals surface area contributed by atoms with Crippen molar-refractivity contribution in [3.05, 3.63) is 50.6 Å². The number of hydrogen-bond donors (Lipinski definition) is 1. The minimum Gasteiger partial charge on any atom is -0.333 e. The number of fused-ring (bicyclic) bond motifs is 1. The molecule has 0 bridgehead atoms. The van der Waals surface area contributed by atoms with Crippen molar-refractivity contribution < 1.29 is 4.79 Å². The van der Waals surface area contributed by atoms with Gasteiger partial charge in [0.15, 0.2) is 5.82 Å². The third-order valence-corrected chi connectivity index (χ3v) is 4.68. The standard InChI is InChI=1S/C15H17BrN4O2/c1-15(2,10-3-5-11(16)6-4-10)13(21)19-7-8-20-12(9-19)17-18-14(20)22/h3-6H,7-9H2,1-2H3,(H,18,22). The van der Waals surface area contributed by atoms with Gasteiger partial charge < -0.3 is 4.90 Å². The summed E-state index contributed by atoms with van der Waals surface area (Å²) in [6.07, 6.45) is 0. The lowest BCUT2D eigenvalue weighted by atomic mass is 9.83. The smallest absolute Gasteiger partial charge is 0.333 e. The predicted molar refractivity (Wildman–Crippen MR) is 85.4 cm³/mol. The number of hydrogen-bond acceptors (Lipinski definition) is 3. The van der Waals surface area contributed by atoms with Gasteiger partial charge in [-0.05, 0) is 31.5 Å². The molecule has 0 unspecified atom stereocenters. The Morgan fingerprint density at radius 3 is 2.64 bits per heavy atom. The fourth-order valence-electron chi connectivity index (χ4n) is 2.73. The number of nitrogens with one attached hydrogen (secondary N) is 1. The van der Waals surface area contributed by atoms with E-state index in [1.807, 2.05) is 38.1 Å². The van der Waals surface area contributed by atoms with Crippen molar-refractivity contribution in [3.63, 3.8) is 0 Å². The van der Waals surface area contributed by atoms with E-state index < -0.39 is 5.41 Å². The predicted octanol–water partition coefficient (Wildman–Crippen LogP) is 1.65. The van der Waals surface area contributed by atoms with E-state index in [4.69, 9.17) is 0 Å². The van der Waals surface area contributed by atoms with Crippen LogP contribution < -0.4 is 5.69 Å². The molecular formula is C15H17BrN4O2. The molecule has 6 nitrogen and oxygen atoms in total. The highest BCUT2D eigenvalue weighted by atomic mass is 79.9. The first-order valence-electron chi connectivity index (χ1n) is 7.09. The van der Waals surface area contributed by atoms with Crippen molar-refractivity contribution in [1.29, 1.82) is 0 Å². The van der Waals surface area contributed by atoms with Gasteiger partial charge in [-0.3, -0.25) is 9.36 Å². The second kappa shape index (κ2) is 5.39. The highest BCUT2D eigenvalue weighted by Crippen LogP contribution is 2.28. The van der Waals surface area contributed by atoms with Crippen LogP contribution >= 0.6 is 15.9 Å². The molecule has 2 heterocycles. The maximum absolute atomic E-state index is 12.9. The average molecular weight is 365 g/mol. The lowest BCUT2D eigenvalue weighted by Crippen LogP contribution is -2.47. The minimum atomic E-state index is -0.626. The molecule has 1 aromatic carbocycles. The molecule has 1 amide bonds. The largest absolute Gasteiger partial charge is 0.343 e. The Morgan fingerprint density at radius 1 is 1.27 bits per heavy atom. The quantitative estimate of drug-likeness (QED) is 0.880. The first-order valence-corrected chi connectivity index (χ1v) is 7.88. The molecule has 3 rings (SSSR count). The summed E-state index contributed by atoms with van der Waals surface area (Å²) >= 11 is 3.41. The Bertz CT molecular complexity index is 761. The van der Waals surface area contributed by atoms with Gasteiger partial charge in [0.25, 0.3) is 0 Å². The van der Waals surface area contributed by atoms with Crippen LogP contribution in [-0.2, 0) is 23.3 Å². The molecule has 1 aliphatic heterocycles. The maximum Gasteiger partial charge on any atom is 0.343 e. The number of nitrogens with zero attached hydrogens (tertiary/aromatic N) is 3. The second-order valence-corrected chi connectivity index (χ2v) is 6.87. The van der Waals surface area contributed by atoms with Crippen molar-refractivity contribution in [2.45, 2.75) is 32.4 Å². The summed E-state index contributed by atoms with van der Waals surface area (Å²) in [5.74, 6) is 0.646. The van der Waals surface area contributed by atoms with Crippen molar-refractivity contribution in [2.24, 2.45) is 0 Å². The zero-order chi connectivity index (χ0) is 15.9. The van der Waals surface area contributed by atoms with Crippen molar-refractivity contribution in [2.75, 3.05) is 6.54 Å². The Balaban J connectivity index is 1.84. The number of carbonyl (C=O) groups excluding carboxylic acids is 1. The zero-order valence-electron chi connectivity index (χ0n) is 12.5. The number of rotatable bonds is 2. The van der Waals surface area contributed by atoms with E-state index in [1.54, 1.807) is 9.47 Å². The first-order chi connectivity index (χ1) is 10.4. The third-order valence-electron chi connectivity index (χ3n) is 4.15. The number of halogens is 1. The van der Waals surface area contributed by atoms with Gasteiger partial charge >= 0.3 is 5.69 Å². The summed E-state index contributed by atoms with van der Waals surface area (Å²) in [5, 5.41) is 6.41. The third kappa shape index (κ3) is 2.49. The van der Waals surface area contributed by atoms with E-state index in [-0.39, 0.29) is 11.6 Å². The molecule has 0 saturated heterocycles. The zero-order valence-corrected chi connectivity index (χ0v) is 14.1. The molecular weight excluding hydrogens is 348 g/mol. The van der Waals surface area contributed by atoms with Crippen LogP contribution in [0.25, 0.3) is 0 Å². The fourth-order valence-corrected chi connectivity index (χ4v) is 3.00. The summed E-state index contributed by atoms with van der Waals surface area (Å²) in [6, 6.07) is 7.78. The highest BCUT2D eigenvalue weighted by molar-refractivity contribution is 9.10. The average Bonchev–Trinajstić information content (AvgIpc) is 2.88. The van der Waals surface area contributed by atoms with E-state index in [2.05, 4.69) is 26.1 Å². The van der Waals surface area contributed by atoms with Gasteiger partial charge in [0, 0.05) is 17.6 Å². The molecule has 0 fully saturated rings. The van der Waals surface area contributed by atoms with E-state index >= 15 is 0 Å². The van der Waals surface area contributed by atoms with Crippen LogP contribution in [0.15, 0.2) is 33.5 Å². The van der Waals surface area contributed by atoms with Crippen molar-refractivity contribution >= 4 is 21.8 Å². The molecule has 1 aliphatic rings. The van der Waals surface area contributed by atoms with Crippen LogP contribution in [0.5, 0.6) is 0 Å². The Morgan fingerprint density at radius 2 is 1.95 bits per heavy atom. The highest BCUT2D eigenvalue weighted by Gasteiger charge is 2.35. The fraction of sp³-hybridized carbons (Fsp3) is 0.400. The number of amides is 1. The van der Waals surface area contributed by atoms with Crippen LogP contribution in [0.4, 0.5) is 0 Å². The van der Waals surface area contributed by atoms with E-state index in [1.165, 1.54) is 0 Å². The number of aromatic amines is 1. The van der Waals surface area contributed by atoms with Gasteiger partial charge in [-0.2, -0.15) is 5.10 Å². The monoisotopic (exact) mass is 364 g/mol. The molecule has 22 heavy (non-hydrogen) atoms. The van der Waals surface area contributed by atoms with Gasteiger partial charge in [0.1, 0.15) is 0 Å². The normalized spacial score (nSPS) is 14.8. The van der Waals surface area contributed by atoms with Gasteiger partial charge in [0.2, 0.25) is 5.91 Å². The van der Waals surface area contributed by atoms with Crippen LogP contribution in [-0.4, -0.2) is 32.1 Å². The summed E-state index contributed by atoms with van der Waals surface area (Å²) < 4.78 is 2.56. The molecule has 0 atom stereocenters. The Labute approximate surface area is 136 Å². The summed E-state index contributed by atoms with van der Waals surface area (Å²) in [5.41, 5.74) is 0.124. The SMILES string of the molecule is CC(C)(C(=O)N1CCn2c(n[nH]c2=O)C1)c1ccc(Br)cc1. The van der Waals surface area contributed by atoms with E-state index in [9.17, 15) is 9.59 Å². The topological polar surface area (TPSA) is 71.0 Å². The number of aromatic nitrogens is 3. The van der Waals surface area contributed by atoms with Crippen molar-refractivity contribution in [1.82, 2.24) is 19.7 Å². The lowest BCUT2D eigenvalue weighted by molar-refractivity contribution is -0.137. The molecule has 7 heteroatoms. The van der Waals surface area contributed by atoms with Crippen molar-refractivity contribution in [3.8, 4) is 0 Å². The molecule has 1 N–H and O–H groups in total. The van der Waals surface area contributed by atoms with E-state index in [0.717, 1.165) is 10.0 Å². The second-order valence-electron chi connectivity index (χ2n) is 5.96. The minimum absolute atomic E-state index is 0.0384. The molecule has 0 saturated carbocycles. The molecule has 0 aliphatic carbocycles. The molecule has 116 valence electrons.